The topological polar surface area (TPSA) is 104 Å². The predicted octanol–water partition coefficient (Wildman–Crippen LogP) is -0.228. The van der Waals surface area contributed by atoms with Gasteiger partial charge in [0.05, 0.1) is 24.4 Å². The molecule has 28 heavy (non-hydrogen) atoms. The molecule has 1 fully saturated rings. The first kappa shape index (κ1) is 18.2. The maximum atomic E-state index is 12.5. The van der Waals surface area contributed by atoms with Crippen LogP contribution in [0.2, 0.25) is 5.02 Å². The summed E-state index contributed by atoms with van der Waals surface area (Å²) in [7, 11) is 2.93. The van der Waals surface area contributed by atoms with Gasteiger partial charge in [0.2, 0.25) is 11.8 Å². The van der Waals surface area contributed by atoms with Crippen molar-refractivity contribution >= 4 is 28.7 Å². The molecule has 3 aromatic rings. The van der Waals surface area contributed by atoms with Gasteiger partial charge < -0.3 is 14.2 Å². The molecule has 1 saturated heterocycles. The molecule has 4 rings (SSSR count). The van der Waals surface area contributed by atoms with E-state index in [1.54, 1.807) is 17.0 Å². The number of pyridine rings is 1. The molecule has 1 aliphatic heterocycles. The minimum atomic E-state index is -0.484. The lowest BCUT2D eigenvalue weighted by molar-refractivity contribution is -0.140. The van der Waals surface area contributed by atoms with Crippen LogP contribution in [0.1, 0.15) is 0 Å². The van der Waals surface area contributed by atoms with Crippen molar-refractivity contribution in [3.05, 3.63) is 50.5 Å². The number of rotatable bonds is 4. The normalized spacial score (nSPS) is 14.3. The molecule has 0 aromatic carbocycles. The fourth-order valence-corrected chi connectivity index (χ4v) is 3.19. The van der Waals surface area contributed by atoms with E-state index in [4.69, 9.17) is 16.3 Å². The number of hydrogen-bond acceptors (Lipinski definition) is 6. The third-order valence-corrected chi connectivity index (χ3v) is 4.93. The number of likely N-dealkylation sites (tertiary alicyclic amines) is 1. The summed E-state index contributed by atoms with van der Waals surface area (Å²) >= 11 is 5.79. The minimum absolute atomic E-state index is 0.0458. The molecule has 0 N–H and O–H groups in total. The zero-order valence-corrected chi connectivity index (χ0v) is 16.0. The molecular formula is C17H17ClN6O4. The van der Waals surface area contributed by atoms with Gasteiger partial charge in [-0.25, -0.2) is 14.8 Å². The van der Waals surface area contributed by atoms with Crippen molar-refractivity contribution in [2.24, 2.45) is 14.1 Å². The third-order valence-electron chi connectivity index (χ3n) is 4.71. The highest BCUT2D eigenvalue weighted by molar-refractivity contribution is 6.30. The van der Waals surface area contributed by atoms with Crippen LogP contribution in [-0.2, 0) is 25.4 Å². The van der Waals surface area contributed by atoms with E-state index in [9.17, 15) is 14.4 Å². The molecule has 3 aromatic heterocycles. The van der Waals surface area contributed by atoms with Gasteiger partial charge in [0.15, 0.2) is 11.2 Å². The van der Waals surface area contributed by atoms with E-state index in [1.807, 2.05) is 0 Å². The second-order valence-corrected chi connectivity index (χ2v) is 7.04. The van der Waals surface area contributed by atoms with E-state index in [1.165, 1.54) is 35.8 Å². The lowest BCUT2D eigenvalue weighted by Crippen LogP contribution is -2.57. The van der Waals surface area contributed by atoms with E-state index in [-0.39, 0.29) is 29.7 Å². The second-order valence-electron chi connectivity index (χ2n) is 6.60. The highest BCUT2D eigenvalue weighted by Gasteiger charge is 2.33. The first-order chi connectivity index (χ1) is 13.3. The zero-order valence-electron chi connectivity index (χ0n) is 15.2. The van der Waals surface area contributed by atoms with Gasteiger partial charge in [-0.05, 0) is 6.07 Å². The first-order valence-electron chi connectivity index (χ1n) is 8.52. The predicted molar refractivity (Wildman–Crippen MR) is 100 cm³/mol. The third kappa shape index (κ3) is 3.05. The largest absolute Gasteiger partial charge is 0.471 e. The summed E-state index contributed by atoms with van der Waals surface area (Å²) in [4.78, 5) is 46.7. The maximum Gasteiger partial charge on any atom is 0.332 e. The molecule has 1 aliphatic rings. The lowest BCUT2D eigenvalue weighted by atomic mass is 10.1. The van der Waals surface area contributed by atoms with Crippen LogP contribution in [0.4, 0.5) is 0 Å². The second kappa shape index (κ2) is 6.79. The fraction of sp³-hybridized carbons (Fsp3) is 0.353. The Kier molecular flexibility index (Phi) is 4.42. The summed E-state index contributed by atoms with van der Waals surface area (Å²) in [6.07, 6.45) is 2.75. The Morgan fingerprint density at radius 3 is 2.64 bits per heavy atom. The van der Waals surface area contributed by atoms with Gasteiger partial charge in [0.1, 0.15) is 12.6 Å². The summed E-state index contributed by atoms with van der Waals surface area (Å²) in [5.41, 5.74) is -0.481. The van der Waals surface area contributed by atoms with Gasteiger partial charge in [0.25, 0.3) is 5.56 Å². The molecule has 0 atom stereocenters. The Balaban J connectivity index is 1.45. The number of amides is 1. The van der Waals surface area contributed by atoms with E-state index in [0.29, 0.717) is 24.0 Å². The molecule has 0 bridgehead atoms. The van der Waals surface area contributed by atoms with E-state index in [0.717, 1.165) is 4.57 Å². The van der Waals surface area contributed by atoms with Crippen LogP contribution in [-0.4, -0.2) is 53.7 Å². The monoisotopic (exact) mass is 404 g/mol. The van der Waals surface area contributed by atoms with Gasteiger partial charge in [-0.3, -0.25) is 18.7 Å². The van der Waals surface area contributed by atoms with Crippen LogP contribution in [0.5, 0.6) is 5.88 Å². The summed E-state index contributed by atoms with van der Waals surface area (Å²) in [6.45, 7) is 0.800. The number of ether oxygens (including phenoxy) is 1. The van der Waals surface area contributed by atoms with Crippen LogP contribution in [0.3, 0.4) is 0 Å². The fourth-order valence-electron chi connectivity index (χ4n) is 3.08. The van der Waals surface area contributed by atoms with Crippen LogP contribution >= 0.6 is 11.6 Å². The van der Waals surface area contributed by atoms with Crippen molar-refractivity contribution < 1.29 is 9.53 Å². The van der Waals surface area contributed by atoms with E-state index in [2.05, 4.69) is 9.97 Å². The van der Waals surface area contributed by atoms with Crippen LogP contribution < -0.4 is 16.0 Å². The number of fused-ring (bicyclic) bond motifs is 1. The average Bonchev–Trinajstić information content (AvgIpc) is 3.06. The number of halogens is 1. The molecule has 0 spiro atoms. The number of hydrogen-bond donors (Lipinski definition) is 0. The van der Waals surface area contributed by atoms with Gasteiger partial charge in [-0.1, -0.05) is 11.6 Å². The number of nitrogens with zero attached hydrogens (tertiary/aromatic N) is 6. The standard InChI is InChI=1S/C17H17ClN6O4/c1-21-15-14(16(26)22(2)17(21)27)24(9-20-15)8-13(25)23-6-11(7-23)28-12-4-3-10(18)5-19-12/h3-5,9,11H,6-8H2,1-2H3. The molecule has 0 radical (unpaired) electrons. The molecule has 10 nitrogen and oxygen atoms in total. The van der Waals surface area contributed by atoms with Gasteiger partial charge in [-0.2, -0.15) is 0 Å². The van der Waals surface area contributed by atoms with Gasteiger partial charge in [-0.15, -0.1) is 0 Å². The molecule has 0 aliphatic carbocycles. The van der Waals surface area contributed by atoms with Gasteiger partial charge in [0, 0.05) is 26.4 Å². The first-order valence-corrected chi connectivity index (χ1v) is 8.90. The number of imidazole rings is 1. The van der Waals surface area contributed by atoms with E-state index >= 15 is 0 Å². The highest BCUT2D eigenvalue weighted by Crippen LogP contribution is 2.18. The lowest BCUT2D eigenvalue weighted by Gasteiger charge is -2.38. The molecule has 11 heteroatoms. The summed E-state index contributed by atoms with van der Waals surface area (Å²) < 4.78 is 9.43. The van der Waals surface area contributed by atoms with E-state index < -0.39 is 11.2 Å². The van der Waals surface area contributed by atoms with Crippen molar-refractivity contribution in [3.63, 3.8) is 0 Å². The molecule has 4 heterocycles. The van der Waals surface area contributed by atoms with Crippen LogP contribution in [0.25, 0.3) is 11.2 Å². The van der Waals surface area contributed by atoms with Crippen LogP contribution in [0.15, 0.2) is 34.2 Å². The SMILES string of the molecule is Cn1c(=O)c2c(ncn2CC(=O)N2CC(Oc3ccc(Cl)cn3)C2)n(C)c1=O. The van der Waals surface area contributed by atoms with Crippen molar-refractivity contribution in [3.8, 4) is 5.88 Å². The number of aryl methyl sites for hydroxylation is 1. The van der Waals surface area contributed by atoms with Gasteiger partial charge >= 0.3 is 5.69 Å². The Hall–Kier alpha value is -3.14. The molecule has 1 amide bonds. The number of carbonyl (C=O) groups excluding carboxylic acids is 1. The number of carbonyl (C=O) groups is 1. The maximum absolute atomic E-state index is 12.5. The highest BCUT2D eigenvalue weighted by atomic mass is 35.5. The quantitative estimate of drug-likeness (QED) is 0.595. The van der Waals surface area contributed by atoms with Crippen LogP contribution in [0, 0.1) is 0 Å². The molecule has 146 valence electrons. The number of aromatic nitrogens is 5. The zero-order chi connectivity index (χ0) is 20.0. The smallest absolute Gasteiger partial charge is 0.332 e. The average molecular weight is 405 g/mol. The summed E-state index contributed by atoms with van der Waals surface area (Å²) in [5.74, 6) is 0.283. The molecule has 0 unspecified atom stereocenters. The molecular weight excluding hydrogens is 388 g/mol. The van der Waals surface area contributed by atoms with Crippen molar-refractivity contribution in [2.45, 2.75) is 12.6 Å². The summed E-state index contributed by atoms with van der Waals surface area (Å²) in [5, 5.41) is 0.522. The Labute approximate surface area is 163 Å². The minimum Gasteiger partial charge on any atom is -0.471 e. The molecule has 0 saturated carbocycles. The Bertz CT molecular complexity index is 1170. The Morgan fingerprint density at radius 1 is 1.21 bits per heavy atom. The van der Waals surface area contributed by atoms with Crippen molar-refractivity contribution in [2.75, 3.05) is 13.1 Å². The van der Waals surface area contributed by atoms with Crippen molar-refractivity contribution in [1.29, 1.82) is 0 Å². The van der Waals surface area contributed by atoms with Crippen molar-refractivity contribution in [1.82, 2.24) is 28.6 Å². The summed E-state index contributed by atoms with van der Waals surface area (Å²) in [6, 6.07) is 3.36. The Morgan fingerprint density at radius 2 is 1.96 bits per heavy atom.